The number of anilines is 1. The fraction of sp³-hybridized carbons (Fsp3) is 0.208. The van der Waals surface area contributed by atoms with Crippen LogP contribution in [0.4, 0.5) is 5.69 Å². The number of methoxy groups -OCH3 is 1. The molecule has 0 aliphatic carbocycles. The molecule has 13 heteroatoms. The first-order chi connectivity index (χ1) is 17.8. The molecule has 0 atom stereocenters. The number of carbonyl (C=O) groups excluding carboxylic acids is 2. The lowest BCUT2D eigenvalue weighted by Crippen LogP contribution is -2.52. The van der Waals surface area contributed by atoms with Gasteiger partial charge in [0, 0.05) is 49.2 Å². The Labute approximate surface area is 218 Å². The third-order valence-corrected chi connectivity index (χ3v) is 7.53. The molecule has 1 aromatic heterocycles. The number of hydrogen-bond donors (Lipinski definition) is 2. The van der Waals surface area contributed by atoms with Crippen LogP contribution in [-0.2, 0) is 14.8 Å². The molecule has 3 aromatic rings. The molecule has 1 fully saturated rings. The second-order valence-corrected chi connectivity index (χ2v) is 9.95. The minimum atomic E-state index is -3.97. The van der Waals surface area contributed by atoms with Crippen molar-refractivity contribution in [1.29, 1.82) is 0 Å². The van der Waals surface area contributed by atoms with E-state index < -0.39 is 10.0 Å². The molecular formula is C24H24N6O5S2. The van der Waals surface area contributed by atoms with Crippen LogP contribution in [0.25, 0.3) is 10.9 Å². The zero-order valence-electron chi connectivity index (χ0n) is 19.8. The van der Waals surface area contributed by atoms with E-state index in [1.165, 1.54) is 42.5 Å². The van der Waals surface area contributed by atoms with E-state index in [2.05, 4.69) is 14.8 Å². The van der Waals surface area contributed by atoms with Gasteiger partial charge in [0.15, 0.2) is 5.71 Å². The molecule has 2 heterocycles. The van der Waals surface area contributed by atoms with Gasteiger partial charge in [0.1, 0.15) is 10.6 Å². The van der Waals surface area contributed by atoms with Crippen LogP contribution in [0.3, 0.4) is 0 Å². The van der Waals surface area contributed by atoms with E-state index >= 15 is 0 Å². The van der Waals surface area contributed by atoms with Gasteiger partial charge >= 0.3 is 0 Å². The van der Waals surface area contributed by atoms with E-state index in [1.54, 1.807) is 29.2 Å². The average molecular weight is 541 g/mol. The number of amides is 2. The fourth-order valence-corrected chi connectivity index (χ4v) is 5.41. The van der Waals surface area contributed by atoms with Crippen LogP contribution in [0, 0.1) is 0 Å². The lowest BCUT2D eigenvalue weighted by atomic mass is 10.1. The Balaban J connectivity index is 1.51. The van der Waals surface area contributed by atoms with Gasteiger partial charge in [-0.3, -0.25) is 19.3 Å². The van der Waals surface area contributed by atoms with Crippen LogP contribution in [-0.4, -0.2) is 79.4 Å². The second kappa shape index (κ2) is 10.9. The maximum atomic E-state index is 13.2. The zero-order chi connectivity index (χ0) is 26.6. The van der Waals surface area contributed by atoms with Crippen LogP contribution < -0.4 is 15.3 Å². The Hall–Kier alpha value is -4.10. The Morgan fingerprint density at radius 2 is 1.81 bits per heavy atom. The molecule has 0 unspecified atom stereocenters. The molecule has 192 valence electrons. The van der Waals surface area contributed by atoms with Crippen LogP contribution in [0.5, 0.6) is 5.75 Å². The molecule has 3 N–H and O–H groups in total. The average Bonchev–Trinajstić information content (AvgIpc) is 2.92. The molecule has 11 nitrogen and oxygen atoms in total. The summed E-state index contributed by atoms with van der Waals surface area (Å²) in [7, 11) is -2.58. The molecule has 1 saturated heterocycles. The third-order valence-electron chi connectivity index (χ3n) is 5.89. The number of rotatable bonds is 7. The largest absolute Gasteiger partial charge is 0.496 e. The molecule has 1 aliphatic rings. The predicted molar refractivity (Wildman–Crippen MR) is 143 cm³/mol. The van der Waals surface area contributed by atoms with E-state index in [1.807, 2.05) is 0 Å². The highest BCUT2D eigenvalue weighted by molar-refractivity contribution is 7.93. The van der Waals surface area contributed by atoms with Crippen molar-refractivity contribution in [3.8, 4) is 5.75 Å². The summed E-state index contributed by atoms with van der Waals surface area (Å²) in [6.07, 6.45) is 1.53. The summed E-state index contributed by atoms with van der Waals surface area (Å²) in [5.74, 6) is 4.71. The number of fused-ring (bicyclic) bond motifs is 1. The number of nitrogens with two attached hydrogens (primary N) is 1. The van der Waals surface area contributed by atoms with E-state index in [4.69, 9.17) is 22.8 Å². The topological polar surface area (TPSA) is 147 Å². The van der Waals surface area contributed by atoms with Crippen molar-refractivity contribution in [1.82, 2.24) is 14.8 Å². The first-order valence-corrected chi connectivity index (χ1v) is 13.1. The Morgan fingerprint density at radius 1 is 1.11 bits per heavy atom. The number of aromatic nitrogens is 1. The van der Waals surface area contributed by atoms with Gasteiger partial charge in [-0.05, 0) is 24.3 Å². The van der Waals surface area contributed by atoms with Gasteiger partial charge in [0.2, 0.25) is 0 Å². The molecule has 0 saturated carbocycles. The first-order valence-electron chi connectivity index (χ1n) is 11.1. The molecular weight excluding hydrogens is 516 g/mol. The second-order valence-electron chi connectivity index (χ2n) is 8.07. The van der Waals surface area contributed by atoms with Gasteiger partial charge in [0.05, 0.1) is 23.9 Å². The summed E-state index contributed by atoms with van der Waals surface area (Å²) in [5.41, 5.74) is 0.823. The van der Waals surface area contributed by atoms with E-state index in [0.717, 1.165) is 5.37 Å². The molecule has 4 rings (SSSR count). The van der Waals surface area contributed by atoms with Gasteiger partial charge in [-0.15, -0.1) is 0 Å². The minimum Gasteiger partial charge on any atom is -0.496 e. The van der Waals surface area contributed by atoms with Crippen molar-refractivity contribution < 1.29 is 22.7 Å². The minimum absolute atomic E-state index is 0.0197. The van der Waals surface area contributed by atoms with Crippen LogP contribution in [0.2, 0.25) is 0 Å². The number of nitrogens with one attached hydrogen (secondary N) is 1. The molecule has 2 aromatic carbocycles. The number of nitrogens with zero attached hydrogens (tertiary/aromatic N) is 4. The normalized spacial score (nSPS) is 14.4. The summed E-state index contributed by atoms with van der Waals surface area (Å²) in [6.45, 7) is 1.13. The fourth-order valence-electron chi connectivity index (χ4n) is 4.02. The third kappa shape index (κ3) is 5.37. The Morgan fingerprint density at radius 3 is 2.49 bits per heavy atom. The van der Waals surface area contributed by atoms with Gasteiger partial charge in [0.25, 0.3) is 21.8 Å². The van der Waals surface area contributed by atoms with Crippen molar-refractivity contribution >= 4 is 61.7 Å². The van der Waals surface area contributed by atoms with Crippen molar-refractivity contribution in [3.63, 3.8) is 0 Å². The van der Waals surface area contributed by atoms with E-state index in [9.17, 15) is 18.0 Å². The number of pyridine rings is 1. The van der Waals surface area contributed by atoms with Crippen LogP contribution in [0.15, 0.2) is 64.7 Å². The number of hydrogen-bond acceptors (Lipinski definition) is 9. The molecule has 2 amide bonds. The SMILES string of the molecule is COc1cc(NS(=O)(=O)c2cccc3cccnc23)ccc1C(=O)N1CCN(C(=O)C(C=S)=NN)CC1. The number of ether oxygens (including phenoxy) is 1. The Bertz CT molecular complexity index is 1500. The number of thiocarbonyl (C=S) groups is 1. The van der Waals surface area contributed by atoms with Gasteiger partial charge in [-0.2, -0.15) is 5.10 Å². The van der Waals surface area contributed by atoms with Crippen molar-refractivity contribution in [3.05, 3.63) is 60.3 Å². The lowest BCUT2D eigenvalue weighted by molar-refractivity contribution is -0.125. The van der Waals surface area contributed by atoms with Crippen molar-refractivity contribution in [2.75, 3.05) is 38.0 Å². The van der Waals surface area contributed by atoms with Crippen LogP contribution in [0.1, 0.15) is 10.4 Å². The van der Waals surface area contributed by atoms with Gasteiger partial charge < -0.3 is 20.4 Å². The standard InChI is InChI=1S/C24H24N6O5S2/c1-35-20-14-17(28-37(33,34)21-6-2-4-16-5-3-9-26-22(16)21)7-8-18(20)23(31)29-10-12-30(13-11-29)24(32)19(15-36)27-25/h2-9,14-15,28H,10-13,25H2,1H3. The van der Waals surface area contributed by atoms with Gasteiger partial charge in [-0.25, -0.2) is 8.42 Å². The molecule has 0 bridgehead atoms. The number of hydrazone groups is 1. The quantitative estimate of drug-likeness (QED) is 0.199. The van der Waals surface area contributed by atoms with Crippen LogP contribution >= 0.6 is 12.2 Å². The van der Waals surface area contributed by atoms with E-state index in [0.29, 0.717) is 10.9 Å². The highest BCUT2D eigenvalue weighted by Gasteiger charge is 2.28. The number of benzene rings is 2. The summed E-state index contributed by atoms with van der Waals surface area (Å²) < 4.78 is 34.2. The Kier molecular flexibility index (Phi) is 7.64. The molecule has 0 radical (unpaired) electrons. The summed E-state index contributed by atoms with van der Waals surface area (Å²) in [4.78, 5) is 32.9. The number of para-hydroxylation sites is 1. The summed E-state index contributed by atoms with van der Waals surface area (Å²) >= 11 is 4.76. The van der Waals surface area contributed by atoms with Crippen molar-refractivity contribution in [2.45, 2.75) is 4.90 Å². The summed E-state index contributed by atoms with van der Waals surface area (Å²) in [5, 5.41) is 5.21. The number of sulfonamides is 1. The molecule has 37 heavy (non-hydrogen) atoms. The maximum absolute atomic E-state index is 13.2. The smallest absolute Gasteiger partial charge is 0.275 e. The molecule has 1 aliphatic heterocycles. The number of piperazine rings is 1. The summed E-state index contributed by atoms with van der Waals surface area (Å²) in [6, 6.07) is 12.9. The first kappa shape index (κ1) is 26.0. The predicted octanol–water partition coefficient (Wildman–Crippen LogP) is 1.64. The lowest BCUT2D eigenvalue weighted by Gasteiger charge is -2.34. The highest BCUT2D eigenvalue weighted by Crippen LogP contribution is 2.28. The van der Waals surface area contributed by atoms with Crippen molar-refractivity contribution in [2.24, 2.45) is 10.9 Å². The van der Waals surface area contributed by atoms with E-state index in [-0.39, 0.29) is 65.6 Å². The zero-order valence-corrected chi connectivity index (χ0v) is 21.5. The highest BCUT2D eigenvalue weighted by atomic mass is 32.2. The maximum Gasteiger partial charge on any atom is 0.275 e. The van der Waals surface area contributed by atoms with Gasteiger partial charge in [-0.1, -0.05) is 30.4 Å². The monoisotopic (exact) mass is 540 g/mol. The number of carbonyl (C=O) groups is 2. The molecule has 0 spiro atoms.